The molecule has 118 valence electrons. The van der Waals surface area contributed by atoms with Crippen molar-refractivity contribution in [1.29, 1.82) is 0 Å². The summed E-state index contributed by atoms with van der Waals surface area (Å²) in [5.74, 6) is 0.257. The van der Waals surface area contributed by atoms with Gasteiger partial charge in [-0.2, -0.15) is 9.61 Å². The molecule has 0 unspecified atom stereocenters. The summed E-state index contributed by atoms with van der Waals surface area (Å²) >= 11 is 1.19. The fourth-order valence-electron chi connectivity index (χ4n) is 1.88. The van der Waals surface area contributed by atoms with E-state index in [-0.39, 0.29) is 23.0 Å². The number of anilines is 1. The topological polar surface area (TPSA) is 105 Å². The molecule has 1 aromatic carbocycles. The zero-order valence-corrected chi connectivity index (χ0v) is 13.3. The summed E-state index contributed by atoms with van der Waals surface area (Å²) in [4.78, 5) is 26.0. The van der Waals surface area contributed by atoms with Gasteiger partial charge >= 0.3 is 0 Å². The van der Waals surface area contributed by atoms with Crippen LogP contribution in [0.25, 0.3) is 5.78 Å². The van der Waals surface area contributed by atoms with Crippen molar-refractivity contribution in [3.8, 4) is 0 Å². The standard InChI is InChI=1S/C14H14N6O2S/c1-8-3-5-10(6-4-8)15-11(21)7-23-14-18-17-13-16-12(22)9(2)19-20(13)14/h3-6H,7H2,1-2H3,(H,15,21)(H,16,17,22). The van der Waals surface area contributed by atoms with Gasteiger partial charge in [-0.05, 0) is 26.0 Å². The number of hydrogen-bond acceptors (Lipinski definition) is 6. The van der Waals surface area contributed by atoms with Crippen LogP contribution < -0.4 is 10.9 Å². The second-order valence-electron chi connectivity index (χ2n) is 4.96. The van der Waals surface area contributed by atoms with Crippen LogP contribution in [0.4, 0.5) is 5.69 Å². The zero-order valence-electron chi connectivity index (χ0n) is 12.5. The summed E-state index contributed by atoms with van der Waals surface area (Å²) in [5.41, 5.74) is 1.87. The van der Waals surface area contributed by atoms with Crippen molar-refractivity contribution in [2.45, 2.75) is 19.0 Å². The van der Waals surface area contributed by atoms with Crippen molar-refractivity contribution in [3.05, 3.63) is 45.9 Å². The van der Waals surface area contributed by atoms with Gasteiger partial charge in [-0.3, -0.25) is 14.6 Å². The second kappa shape index (κ2) is 6.21. The molecule has 0 atom stereocenters. The van der Waals surface area contributed by atoms with Crippen LogP contribution in [0.3, 0.4) is 0 Å². The van der Waals surface area contributed by atoms with Gasteiger partial charge in [0.25, 0.3) is 11.3 Å². The number of benzene rings is 1. The number of carbonyl (C=O) groups excluding carboxylic acids is 1. The fraction of sp³-hybridized carbons (Fsp3) is 0.214. The lowest BCUT2D eigenvalue weighted by Crippen LogP contribution is -2.16. The van der Waals surface area contributed by atoms with Crippen LogP contribution >= 0.6 is 11.8 Å². The van der Waals surface area contributed by atoms with Crippen molar-refractivity contribution in [2.24, 2.45) is 0 Å². The van der Waals surface area contributed by atoms with Crippen molar-refractivity contribution >= 4 is 29.1 Å². The third-order valence-corrected chi connectivity index (χ3v) is 4.00. The Morgan fingerprint density at radius 3 is 2.74 bits per heavy atom. The lowest BCUT2D eigenvalue weighted by molar-refractivity contribution is -0.113. The number of carbonyl (C=O) groups is 1. The molecule has 2 heterocycles. The van der Waals surface area contributed by atoms with E-state index in [9.17, 15) is 9.59 Å². The molecule has 0 radical (unpaired) electrons. The molecule has 0 bridgehead atoms. The summed E-state index contributed by atoms with van der Waals surface area (Å²) in [6.07, 6.45) is 0. The molecule has 8 nitrogen and oxygen atoms in total. The predicted molar refractivity (Wildman–Crippen MR) is 86.7 cm³/mol. The number of amides is 1. The minimum atomic E-state index is -0.307. The van der Waals surface area contributed by atoms with Crippen LogP contribution in [-0.2, 0) is 4.79 Å². The Balaban J connectivity index is 1.68. The average molecular weight is 330 g/mol. The highest BCUT2D eigenvalue weighted by Crippen LogP contribution is 2.15. The molecule has 0 saturated heterocycles. The van der Waals surface area contributed by atoms with Crippen LogP contribution in [-0.4, -0.2) is 36.5 Å². The van der Waals surface area contributed by atoms with Crippen molar-refractivity contribution < 1.29 is 4.79 Å². The van der Waals surface area contributed by atoms with Crippen LogP contribution in [0.5, 0.6) is 0 Å². The van der Waals surface area contributed by atoms with E-state index in [0.717, 1.165) is 11.3 Å². The summed E-state index contributed by atoms with van der Waals surface area (Å²) in [6, 6.07) is 7.55. The Labute approximate surface area is 135 Å². The normalized spacial score (nSPS) is 10.9. The highest BCUT2D eigenvalue weighted by Gasteiger charge is 2.12. The molecule has 0 saturated carbocycles. The van der Waals surface area contributed by atoms with Gasteiger partial charge in [-0.25, -0.2) is 0 Å². The molecule has 2 N–H and O–H groups in total. The average Bonchev–Trinajstić information content (AvgIpc) is 2.90. The van der Waals surface area contributed by atoms with Gasteiger partial charge in [0.05, 0.1) is 5.75 Å². The molecule has 0 aliphatic carbocycles. The molecule has 3 aromatic rings. The van der Waals surface area contributed by atoms with Crippen molar-refractivity contribution in [2.75, 3.05) is 11.1 Å². The third-order valence-electron chi connectivity index (χ3n) is 3.08. The lowest BCUT2D eigenvalue weighted by Gasteiger charge is -2.04. The maximum Gasteiger partial charge on any atom is 0.273 e. The molecule has 1 amide bonds. The molecule has 0 fully saturated rings. The van der Waals surface area contributed by atoms with E-state index in [1.165, 1.54) is 16.3 Å². The summed E-state index contributed by atoms with van der Waals surface area (Å²) < 4.78 is 1.42. The molecular weight excluding hydrogens is 316 g/mol. The van der Waals surface area contributed by atoms with Crippen LogP contribution in [0.2, 0.25) is 0 Å². The first-order valence-electron chi connectivity index (χ1n) is 6.84. The molecule has 23 heavy (non-hydrogen) atoms. The van der Waals surface area contributed by atoms with E-state index >= 15 is 0 Å². The second-order valence-corrected chi connectivity index (χ2v) is 5.90. The van der Waals surface area contributed by atoms with Gasteiger partial charge in [0, 0.05) is 5.69 Å². The SMILES string of the molecule is Cc1ccc(NC(=O)CSc2nnc3[nH]c(=O)c(C)nn23)cc1. The largest absolute Gasteiger partial charge is 0.325 e. The Kier molecular flexibility index (Phi) is 4.11. The van der Waals surface area contributed by atoms with E-state index in [1.807, 2.05) is 31.2 Å². The Morgan fingerprint density at radius 1 is 1.26 bits per heavy atom. The number of hydrogen-bond donors (Lipinski definition) is 2. The zero-order chi connectivity index (χ0) is 16.4. The molecule has 9 heteroatoms. The monoisotopic (exact) mass is 330 g/mol. The summed E-state index contributed by atoms with van der Waals surface area (Å²) in [5, 5.41) is 15.1. The number of fused-ring (bicyclic) bond motifs is 1. The Bertz CT molecular complexity index is 915. The smallest absolute Gasteiger partial charge is 0.273 e. The number of aromatic nitrogens is 5. The quantitative estimate of drug-likeness (QED) is 0.696. The number of aromatic amines is 1. The maximum absolute atomic E-state index is 12.0. The number of H-pyrrole nitrogens is 1. The first-order chi connectivity index (χ1) is 11.0. The molecule has 0 aliphatic rings. The number of nitrogens with zero attached hydrogens (tertiary/aromatic N) is 4. The van der Waals surface area contributed by atoms with Crippen molar-refractivity contribution in [3.63, 3.8) is 0 Å². The van der Waals surface area contributed by atoms with Gasteiger partial charge < -0.3 is 5.32 Å². The molecule has 2 aromatic heterocycles. The van der Waals surface area contributed by atoms with E-state index in [0.29, 0.717) is 10.9 Å². The highest BCUT2D eigenvalue weighted by molar-refractivity contribution is 7.99. The first kappa shape index (κ1) is 15.2. The Hall–Kier alpha value is -2.68. The molecule has 0 aliphatic heterocycles. The van der Waals surface area contributed by atoms with Gasteiger partial charge in [0.15, 0.2) is 0 Å². The highest BCUT2D eigenvalue weighted by atomic mass is 32.2. The molecule has 0 spiro atoms. The predicted octanol–water partition coefficient (Wildman–Crippen LogP) is 1.16. The van der Waals surface area contributed by atoms with E-state index in [4.69, 9.17) is 0 Å². The van der Waals surface area contributed by atoms with E-state index in [1.54, 1.807) is 6.92 Å². The number of nitrogens with one attached hydrogen (secondary N) is 2. The maximum atomic E-state index is 12.0. The Morgan fingerprint density at radius 2 is 2.00 bits per heavy atom. The number of aryl methyl sites for hydroxylation is 2. The van der Waals surface area contributed by atoms with Gasteiger partial charge in [-0.1, -0.05) is 29.5 Å². The first-order valence-corrected chi connectivity index (χ1v) is 7.83. The van der Waals surface area contributed by atoms with Gasteiger partial charge in [-0.15, -0.1) is 10.2 Å². The number of rotatable bonds is 4. The lowest BCUT2D eigenvalue weighted by atomic mass is 10.2. The van der Waals surface area contributed by atoms with Gasteiger partial charge in [0.1, 0.15) is 5.69 Å². The van der Waals surface area contributed by atoms with E-state index in [2.05, 4.69) is 25.6 Å². The van der Waals surface area contributed by atoms with Crippen LogP contribution in [0.1, 0.15) is 11.3 Å². The minimum Gasteiger partial charge on any atom is -0.325 e. The summed E-state index contributed by atoms with van der Waals surface area (Å²) in [6.45, 7) is 3.58. The number of thioether (sulfide) groups is 1. The molecular formula is C14H14N6O2S. The minimum absolute atomic E-state index is 0.156. The van der Waals surface area contributed by atoms with Crippen LogP contribution in [0, 0.1) is 13.8 Å². The summed E-state index contributed by atoms with van der Waals surface area (Å²) in [7, 11) is 0. The third kappa shape index (κ3) is 3.39. The van der Waals surface area contributed by atoms with E-state index < -0.39 is 0 Å². The molecule has 3 rings (SSSR count). The van der Waals surface area contributed by atoms with Crippen LogP contribution in [0.15, 0.2) is 34.2 Å². The fourth-order valence-corrected chi connectivity index (χ4v) is 2.56. The van der Waals surface area contributed by atoms with Gasteiger partial charge in [0.2, 0.25) is 11.1 Å². The van der Waals surface area contributed by atoms with Crippen molar-refractivity contribution in [1.82, 2.24) is 24.8 Å².